The van der Waals surface area contributed by atoms with Crippen molar-refractivity contribution in [3.8, 4) is 28.1 Å². The fourth-order valence-corrected chi connectivity index (χ4v) is 10.6. The average molecular weight is 830 g/mol. The van der Waals surface area contributed by atoms with Crippen LogP contribution in [0.3, 0.4) is 0 Å². The SMILES string of the molecule is CCC(C)CC(=O)N1[C@@H](C)CC[C@H]1c1ncc(-c2ccc3c(c2)COc2cc4c(ccc5[nH]c([C@@H]6CC[C@H](C)N6C(=O)[C@@H](NC(=O)OC)C6CC(C)O[C@H](C)C6)nc54)cc2-3)[nH]1. The van der Waals surface area contributed by atoms with E-state index >= 15 is 0 Å². The van der Waals surface area contributed by atoms with Gasteiger partial charge in [0.2, 0.25) is 11.8 Å². The topological polar surface area (TPSA) is 155 Å². The maximum absolute atomic E-state index is 14.6. The number of fused-ring (bicyclic) bond motifs is 6. The molecule has 4 aliphatic rings. The van der Waals surface area contributed by atoms with Crippen molar-refractivity contribution in [1.82, 2.24) is 35.1 Å². The summed E-state index contributed by atoms with van der Waals surface area (Å²) in [4.78, 5) is 61.6. The first-order valence-electron chi connectivity index (χ1n) is 22.3. The number of ether oxygens (including phenoxy) is 3. The van der Waals surface area contributed by atoms with Gasteiger partial charge in [-0.05, 0) is 124 Å². The summed E-state index contributed by atoms with van der Waals surface area (Å²) >= 11 is 0. The third-order valence-corrected chi connectivity index (χ3v) is 13.9. The average Bonchev–Trinajstić information content (AvgIpc) is 4.07. The molecule has 3 amide bonds. The fourth-order valence-electron chi connectivity index (χ4n) is 10.6. The highest BCUT2D eigenvalue weighted by atomic mass is 16.5. The zero-order chi connectivity index (χ0) is 42.7. The van der Waals surface area contributed by atoms with Crippen LogP contribution in [0.1, 0.15) is 122 Å². The van der Waals surface area contributed by atoms with E-state index < -0.39 is 12.1 Å². The Kier molecular flexibility index (Phi) is 11.0. The van der Waals surface area contributed by atoms with Crippen molar-refractivity contribution in [2.45, 2.75) is 142 Å². The Labute approximate surface area is 357 Å². The molecule has 0 bridgehead atoms. The second kappa shape index (κ2) is 16.4. The van der Waals surface area contributed by atoms with Gasteiger partial charge in [0.15, 0.2) is 0 Å². The monoisotopic (exact) mass is 829 g/mol. The van der Waals surface area contributed by atoms with Crippen LogP contribution in [-0.4, -0.2) is 85.1 Å². The summed E-state index contributed by atoms with van der Waals surface area (Å²) in [7, 11) is 1.33. The molecule has 2 aromatic heterocycles. The predicted molar refractivity (Wildman–Crippen MR) is 234 cm³/mol. The molecule has 9 rings (SSSR count). The molecule has 61 heavy (non-hydrogen) atoms. The number of nitrogens with zero attached hydrogens (tertiary/aromatic N) is 4. The van der Waals surface area contributed by atoms with Crippen LogP contribution >= 0.6 is 0 Å². The molecule has 0 radical (unpaired) electrons. The third-order valence-electron chi connectivity index (χ3n) is 13.9. The molecule has 3 N–H and O–H groups in total. The third kappa shape index (κ3) is 7.63. The van der Waals surface area contributed by atoms with Crippen LogP contribution in [-0.2, 0) is 25.7 Å². The molecule has 322 valence electrons. The summed E-state index contributed by atoms with van der Waals surface area (Å²) in [5.41, 5.74) is 6.91. The van der Waals surface area contributed by atoms with Crippen LogP contribution in [0, 0.1) is 11.8 Å². The Morgan fingerprint density at radius 2 is 1.64 bits per heavy atom. The number of nitrogens with one attached hydrogen (secondary N) is 3. The van der Waals surface area contributed by atoms with Gasteiger partial charge in [0.1, 0.15) is 30.0 Å². The molecule has 4 aliphatic heterocycles. The number of rotatable bonds is 9. The van der Waals surface area contributed by atoms with E-state index in [1.165, 1.54) is 7.11 Å². The van der Waals surface area contributed by atoms with Gasteiger partial charge in [-0.15, -0.1) is 0 Å². The minimum Gasteiger partial charge on any atom is -0.488 e. The molecule has 3 saturated heterocycles. The van der Waals surface area contributed by atoms with Gasteiger partial charge < -0.3 is 39.3 Å². The molecule has 5 aromatic rings. The van der Waals surface area contributed by atoms with Crippen molar-refractivity contribution in [2.24, 2.45) is 11.8 Å². The molecule has 9 atom stereocenters. The second-order valence-corrected chi connectivity index (χ2v) is 18.2. The highest BCUT2D eigenvalue weighted by Gasteiger charge is 2.44. The highest BCUT2D eigenvalue weighted by Crippen LogP contribution is 2.44. The van der Waals surface area contributed by atoms with E-state index in [0.29, 0.717) is 31.8 Å². The van der Waals surface area contributed by atoms with Crippen LogP contribution < -0.4 is 10.1 Å². The summed E-state index contributed by atoms with van der Waals surface area (Å²) < 4.78 is 17.4. The number of benzene rings is 3. The minimum atomic E-state index is -0.739. The van der Waals surface area contributed by atoms with E-state index in [1.54, 1.807) is 0 Å². The van der Waals surface area contributed by atoms with Crippen molar-refractivity contribution in [2.75, 3.05) is 7.11 Å². The Morgan fingerprint density at radius 1 is 0.902 bits per heavy atom. The summed E-state index contributed by atoms with van der Waals surface area (Å²) in [5.74, 6) is 2.74. The lowest BCUT2D eigenvalue weighted by Gasteiger charge is -2.39. The molecule has 13 heteroatoms. The van der Waals surface area contributed by atoms with Crippen LogP contribution in [0.25, 0.3) is 44.2 Å². The van der Waals surface area contributed by atoms with Gasteiger partial charge in [0.25, 0.3) is 0 Å². The normalized spacial score (nSPS) is 25.9. The fraction of sp³-hybridized carbons (Fsp3) is 0.521. The van der Waals surface area contributed by atoms with E-state index in [9.17, 15) is 14.4 Å². The van der Waals surface area contributed by atoms with E-state index in [1.807, 2.05) is 24.9 Å². The smallest absolute Gasteiger partial charge is 0.407 e. The molecular weight excluding hydrogens is 771 g/mol. The predicted octanol–water partition coefficient (Wildman–Crippen LogP) is 9.13. The first kappa shape index (κ1) is 40.9. The van der Waals surface area contributed by atoms with Gasteiger partial charge in [-0.25, -0.2) is 14.8 Å². The quantitative estimate of drug-likeness (QED) is 0.133. The second-order valence-electron chi connectivity index (χ2n) is 18.2. The number of carbonyl (C=O) groups excluding carboxylic acids is 3. The first-order valence-corrected chi connectivity index (χ1v) is 22.3. The van der Waals surface area contributed by atoms with E-state index in [4.69, 9.17) is 24.2 Å². The number of amides is 3. The molecule has 3 unspecified atom stereocenters. The number of aromatic amines is 2. The molecule has 13 nitrogen and oxygen atoms in total. The van der Waals surface area contributed by atoms with Gasteiger partial charge in [0, 0.05) is 29.5 Å². The summed E-state index contributed by atoms with van der Waals surface area (Å²) in [6.07, 6.45) is 7.56. The Hall–Kier alpha value is -5.43. The van der Waals surface area contributed by atoms with Gasteiger partial charge in [-0.3, -0.25) is 9.59 Å². The first-order chi connectivity index (χ1) is 29.4. The number of imidazole rings is 2. The summed E-state index contributed by atoms with van der Waals surface area (Å²) in [5, 5.41) is 4.91. The van der Waals surface area contributed by atoms with E-state index in [2.05, 4.69) is 90.3 Å². The molecule has 0 spiro atoms. The van der Waals surface area contributed by atoms with E-state index in [-0.39, 0.29) is 54.1 Å². The van der Waals surface area contributed by atoms with Gasteiger partial charge in [0.05, 0.1) is 54.3 Å². The van der Waals surface area contributed by atoms with Crippen molar-refractivity contribution >= 4 is 39.7 Å². The van der Waals surface area contributed by atoms with Gasteiger partial charge >= 0.3 is 6.09 Å². The van der Waals surface area contributed by atoms with Crippen LogP contribution in [0.5, 0.6) is 5.75 Å². The van der Waals surface area contributed by atoms with Crippen LogP contribution in [0.15, 0.2) is 48.7 Å². The Balaban J connectivity index is 0.974. The molecular formula is C48H59N7O6. The minimum absolute atomic E-state index is 0.0219. The van der Waals surface area contributed by atoms with Crippen molar-refractivity contribution in [3.63, 3.8) is 0 Å². The molecule has 0 aliphatic carbocycles. The number of hydrogen-bond acceptors (Lipinski definition) is 8. The maximum Gasteiger partial charge on any atom is 0.407 e. The summed E-state index contributed by atoms with van der Waals surface area (Å²) in [6.45, 7) is 12.9. The Morgan fingerprint density at radius 3 is 2.38 bits per heavy atom. The van der Waals surface area contributed by atoms with Crippen molar-refractivity contribution in [1.29, 1.82) is 0 Å². The molecule has 0 saturated carbocycles. The lowest BCUT2D eigenvalue weighted by molar-refractivity contribution is -0.140. The van der Waals surface area contributed by atoms with Crippen molar-refractivity contribution in [3.05, 3.63) is 65.9 Å². The number of hydrogen-bond donors (Lipinski definition) is 3. The lowest BCUT2D eigenvalue weighted by atomic mass is 9.85. The lowest BCUT2D eigenvalue weighted by Crippen LogP contribution is -2.55. The number of methoxy groups -OCH3 is 1. The molecule has 6 heterocycles. The van der Waals surface area contributed by atoms with Crippen LogP contribution in [0.2, 0.25) is 0 Å². The maximum atomic E-state index is 14.6. The molecule has 3 fully saturated rings. The zero-order valence-electron chi connectivity index (χ0n) is 36.4. The number of aromatic nitrogens is 4. The standard InChI is InChI=1S/C48H59N7O6/c1-8-25(2)17-42(56)54-26(3)9-15-39(54)45-49-23-38(51-45)31-11-13-34-33(20-31)24-60-41-22-35-30(21-36(34)41)12-14-37-44(35)52-46(50-37)40-16-10-27(4)55(40)47(57)43(53-48(58)59-7)32-18-28(5)61-29(6)19-32/h11-14,20-23,25-29,32,39-40,43H,8-10,15-19,24H2,1-7H3,(H,49,51)(H,50,52)(H,53,58)/t25?,26-,27-,28+,29?,32?,39-,40-,43-/m0/s1. The molecule has 3 aromatic carbocycles. The summed E-state index contributed by atoms with van der Waals surface area (Å²) in [6, 6.07) is 14.0. The van der Waals surface area contributed by atoms with Gasteiger partial charge in [-0.1, -0.05) is 38.5 Å². The highest BCUT2D eigenvalue weighted by molar-refractivity contribution is 6.07. The zero-order valence-corrected chi connectivity index (χ0v) is 36.4. The number of carbonyl (C=O) groups is 3. The largest absolute Gasteiger partial charge is 0.488 e. The Bertz CT molecular complexity index is 2470. The van der Waals surface area contributed by atoms with E-state index in [0.717, 1.165) is 99.3 Å². The van der Waals surface area contributed by atoms with Crippen LogP contribution in [0.4, 0.5) is 4.79 Å². The number of alkyl carbamates (subject to hydrolysis) is 1. The number of H-pyrrole nitrogens is 2. The number of likely N-dealkylation sites (tertiary alicyclic amines) is 2. The van der Waals surface area contributed by atoms with Crippen molar-refractivity contribution < 1.29 is 28.6 Å². The van der Waals surface area contributed by atoms with Gasteiger partial charge in [-0.2, -0.15) is 0 Å².